The van der Waals surface area contributed by atoms with E-state index in [9.17, 15) is 0 Å². The van der Waals surface area contributed by atoms with Crippen LogP contribution in [0.3, 0.4) is 0 Å². The molecule has 0 aliphatic rings. The van der Waals surface area contributed by atoms with Gasteiger partial charge in [-0.25, -0.2) is 0 Å². The predicted octanol–water partition coefficient (Wildman–Crippen LogP) is 9.76. The SMILES string of the molecule is c1ccc(-c2ccccn2)nc1.c1ccc(-c2ccccn2)nc1.c1ccc(-c2ccnc(-c3ccccn3)c2-c2ccccc2)cc1. The Morgan fingerprint density at radius 2 is 0.604 bits per heavy atom. The summed E-state index contributed by atoms with van der Waals surface area (Å²) in [5.74, 6) is 0. The summed E-state index contributed by atoms with van der Waals surface area (Å²) in [5.41, 5.74) is 10.0. The van der Waals surface area contributed by atoms with E-state index in [1.807, 2.05) is 109 Å². The highest BCUT2D eigenvalue weighted by atomic mass is 14.8. The molecule has 0 unspecified atom stereocenters. The maximum absolute atomic E-state index is 4.65. The second kappa shape index (κ2) is 16.6. The first-order chi connectivity index (χ1) is 23.9. The standard InChI is InChI=1S/C22H16N2.2C10H8N2/c1-3-9-17(10-4-1)19-14-16-24-22(20-13-7-8-15-23-20)21(19)18-11-5-2-6-12-18;2*1-3-7-11-9(5-1)10-6-2-4-8-12-10/h1-16H;2*1-8H. The van der Waals surface area contributed by atoms with Gasteiger partial charge < -0.3 is 0 Å². The summed E-state index contributed by atoms with van der Waals surface area (Å²) in [7, 11) is 0. The molecule has 0 saturated carbocycles. The van der Waals surface area contributed by atoms with Crippen LogP contribution in [0.5, 0.6) is 0 Å². The molecule has 0 radical (unpaired) electrons. The molecule has 230 valence electrons. The van der Waals surface area contributed by atoms with Crippen molar-refractivity contribution < 1.29 is 0 Å². The molecule has 0 aliphatic carbocycles. The Balaban J connectivity index is 0.000000140. The molecule has 6 heteroatoms. The van der Waals surface area contributed by atoms with Gasteiger partial charge in [-0.15, -0.1) is 0 Å². The average Bonchev–Trinajstić information content (AvgIpc) is 3.20. The van der Waals surface area contributed by atoms with Crippen LogP contribution in [0.1, 0.15) is 0 Å². The third kappa shape index (κ3) is 8.33. The Kier molecular flexibility index (Phi) is 10.8. The minimum atomic E-state index is 0.883. The number of nitrogens with zero attached hydrogens (tertiary/aromatic N) is 6. The summed E-state index contributed by atoms with van der Waals surface area (Å²) in [6.07, 6.45) is 10.7. The van der Waals surface area contributed by atoms with Gasteiger partial charge in [0.2, 0.25) is 0 Å². The zero-order valence-electron chi connectivity index (χ0n) is 26.2. The number of pyridine rings is 6. The smallest absolute Gasteiger partial charge is 0.0970 e. The molecule has 0 aliphatic heterocycles. The van der Waals surface area contributed by atoms with E-state index in [2.05, 4.69) is 84.5 Å². The van der Waals surface area contributed by atoms with Crippen molar-refractivity contribution in [3.8, 4) is 56.4 Å². The molecular weight excluding hydrogens is 589 g/mol. The normalized spacial score (nSPS) is 10.1. The van der Waals surface area contributed by atoms with Crippen LogP contribution < -0.4 is 0 Å². The van der Waals surface area contributed by atoms with Gasteiger partial charge in [-0.3, -0.25) is 29.9 Å². The Hall–Kier alpha value is -6.66. The lowest BCUT2D eigenvalue weighted by atomic mass is 9.92. The molecule has 6 nitrogen and oxygen atoms in total. The summed E-state index contributed by atoms with van der Waals surface area (Å²) >= 11 is 0. The molecule has 0 bridgehead atoms. The fourth-order valence-corrected chi connectivity index (χ4v) is 4.97. The minimum Gasteiger partial charge on any atom is -0.255 e. The van der Waals surface area contributed by atoms with E-state index in [1.54, 1.807) is 31.0 Å². The summed E-state index contributed by atoms with van der Waals surface area (Å²) in [6.45, 7) is 0. The van der Waals surface area contributed by atoms with Gasteiger partial charge in [-0.05, 0) is 83.4 Å². The molecule has 6 heterocycles. The van der Waals surface area contributed by atoms with Crippen molar-refractivity contribution in [2.24, 2.45) is 0 Å². The summed E-state index contributed by atoms with van der Waals surface area (Å²) in [4.78, 5) is 25.9. The number of hydrogen-bond acceptors (Lipinski definition) is 6. The van der Waals surface area contributed by atoms with Crippen LogP contribution >= 0.6 is 0 Å². The van der Waals surface area contributed by atoms with E-state index < -0.39 is 0 Å². The lowest BCUT2D eigenvalue weighted by Crippen LogP contribution is -1.94. The number of rotatable bonds is 5. The third-order valence-electron chi connectivity index (χ3n) is 7.19. The van der Waals surface area contributed by atoms with Gasteiger partial charge >= 0.3 is 0 Å². The minimum absolute atomic E-state index is 0.883. The first kappa shape index (κ1) is 31.3. The van der Waals surface area contributed by atoms with Gasteiger partial charge in [0, 0.05) is 42.7 Å². The van der Waals surface area contributed by atoms with Crippen molar-refractivity contribution in [1.29, 1.82) is 0 Å². The van der Waals surface area contributed by atoms with Gasteiger partial charge in [-0.2, -0.15) is 0 Å². The molecule has 8 rings (SSSR count). The van der Waals surface area contributed by atoms with Crippen molar-refractivity contribution in [3.05, 3.63) is 195 Å². The molecule has 0 fully saturated rings. The quantitative estimate of drug-likeness (QED) is 0.191. The number of aromatic nitrogens is 6. The molecule has 0 saturated heterocycles. The zero-order valence-corrected chi connectivity index (χ0v) is 26.2. The second-order valence-corrected chi connectivity index (χ2v) is 10.4. The van der Waals surface area contributed by atoms with Crippen molar-refractivity contribution in [3.63, 3.8) is 0 Å². The summed E-state index contributed by atoms with van der Waals surface area (Å²) in [5, 5.41) is 0. The van der Waals surface area contributed by atoms with Crippen LogP contribution in [0.4, 0.5) is 0 Å². The molecule has 8 aromatic rings. The van der Waals surface area contributed by atoms with Crippen LogP contribution in [0.2, 0.25) is 0 Å². The average molecular weight is 621 g/mol. The Morgan fingerprint density at radius 1 is 0.250 bits per heavy atom. The second-order valence-electron chi connectivity index (χ2n) is 10.4. The topological polar surface area (TPSA) is 77.3 Å². The largest absolute Gasteiger partial charge is 0.255 e. The fraction of sp³-hybridized carbons (Fsp3) is 0. The maximum atomic E-state index is 4.65. The highest BCUT2D eigenvalue weighted by Gasteiger charge is 2.15. The highest BCUT2D eigenvalue weighted by Crippen LogP contribution is 2.37. The maximum Gasteiger partial charge on any atom is 0.0970 e. The zero-order chi connectivity index (χ0) is 32.6. The van der Waals surface area contributed by atoms with Crippen LogP contribution in [0, 0.1) is 0 Å². The van der Waals surface area contributed by atoms with E-state index in [0.29, 0.717) is 0 Å². The first-order valence-corrected chi connectivity index (χ1v) is 15.5. The molecule has 2 aromatic carbocycles. The van der Waals surface area contributed by atoms with Crippen LogP contribution in [0.15, 0.2) is 195 Å². The Morgan fingerprint density at radius 3 is 0.979 bits per heavy atom. The molecule has 0 spiro atoms. The molecular formula is C42H32N6. The van der Waals surface area contributed by atoms with Gasteiger partial charge in [0.15, 0.2) is 0 Å². The van der Waals surface area contributed by atoms with Crippen LogP contribution in [-0.4, -0.2) is 29.9 Å². The van der Waals surface area contributed by atoms with Crippen molar-refractivity contribution in [2.75, 3.05) is 0 Å². The van der Waals surface area contributed by atoms with Gasteiger partial charge in [0.05, 0.1) is 34.2 Å². The summed E-state index contributed by atoms with van der Waals surface area (Å²) in [6, 6.07) is 52.0. The monoisotopic (exact) mass is 620 g/mol. The fourth-order valence-electron chi connectivity index (χ4n) is 4.97. The number of benzene rings is 2. The van der Waals surface area contributed by atoms with Crippen LogP contribution in [0.25, 0.3) is 56.4 Å². The van der Waals surface area contributed by atoms with Gasteiger partial charge in [0.25, 0.3) is 0 Å². The highest BCUT2D eigenvalue weighted by molar-refractivity contribution is 5.91. The lowest BCUT2D eigenvalue weighted by molar-refractivity contribution is 1.25. The Labute approximate surface area is 280 Å². The Bertz CT molecular complexity index is 1870. The molecule has 6 aromatic heterocycles. The van der Waals surface area contributed by atoms with Crippen molar-refractivity contribution in [2.45, 2.75) is 0 Å². The number of hydrogen-bond donors (Lipinski definition) is 0. The van der Waals surface area contributed by atoms with E-state index in [4.69, 9.17) is 0 Å². The van der Waals surface area contributed by atoms with E-state index >= 15 is 0 Å². The first-order valence-electron chi connectivity index (χ1n) is 15.5. The van der Waals surface area contributed by atoms with Crippen molar-refractivity contribution >= 4 is 0 Å². The molecule has 48 heavy (non-hydrogen) atoms. The van der Waals surface area contributed by atoms with Crippen molar-refractivity contribution in [1.82, 2.24) is 29.9 Å². The summed E-state index contributed by atoms with van der Waals surface area (Å²) < 4.78 is 0. The van der Waals surface area contributed by atoms with Gasteiger partial charge in [0.1, 0.15) is 0 Å². The van der Waals surface area contributed by atoms with E-state index in [1.165, 1.54) is 5.56 Å². The van der Waals surface area contributed by atoms with Crippen LogP contribution in [-0.2, 0) is 0 Å². The molecule has 0 amide bonds. The van der Waals surface area contributed by atoms with E-state index in [-0.39, 0.29) is 0 Å². The van der Waals surface area contributed by atoms with E-state index in [0.717, 1.165) is 50.9 Å². The third-order valence-corrected chi connectivity index (χ3v) is 7.19. The molecule has 0 atom stereocenters. The van der Waals surface area contributed by atoms with Gasteiger partial charge in [-0.1, -0.05) is 91.0 Å². The lowest BCUT2D eigenvalue weighted by Gasteiger charge is -2.14. The molecule has 0 N–H and O–H groups in total. The predicted molar refractivity (Wildman–Crippen MR) is 193 cm³/mol.